The van der Waals surface area contributed by atoms with Crippen LogP contribution in [0.25, 0.3) is 6.08 Å². The molecule has 132 valence electrons. The summed E-state index contributed by atoms with van der Waals surface area (Å²) in [7, 11) is 1.57. The number of hydrogen-bond donors (Lipinski definition) is 2. The number of amides is 1. The van der Waals surface area contributed by atoms with Gasteiger partial charge in [0.2, 0.25) is 5.91 Å². The van der Waals surface area contributed by atoms with Crippen LogP contribution in [0.2, 0.25) is 10.0 Å². The molecule has 0 atom stereocenters. The molecule has 0 saturated carbocycles. The summed E-state index contributed by atoms with van der Waals surface area (Å²) in [6, 6.07) is 8.47. The molecule has 0 aromatic heterocycles. The van der Waals surface area contributed by atoms with Gasteiger partial charge in [0.15, 0.2) is 11.5 Å². The molecule has 0 fully saturated rings. The fourth-order valence-corrected chi connectivity index (χ4v) is 2.56. The molecule has 2 aromatic carbocycles. The van der Waals surface area contributed by atoms with Crippen LogP contribution in [0.4, 0.5) is 11.4 Å². The zero-order chi connectivity index (χ0) is 18.4. The summed E-state index contributed by atoms with van der Waals surface area (Å²) in [5.74, 6) is 0.921. The fraction of sp³-hybridized carbons (Fsp3) is 0.167. The largest absolute Gasteiger partial charge is 0.493 e. The number of anilines is 2. The lowest BCUT2D eigenvalue weighted by atomic mass is 10.2. The van der Waals surface area contributed by atoms with E-state index in [1.165, 1.54) is 18.2 Å². The van der Waals surface area contributed by atoms with Crippen LogP contribution in [-0.2, 0) is 4.79 Å². The van der Waals surface area contributed by atoms with Gasteiger partial charge in [0, 0.05) is 11.8 Å². The van der Waals surface area contributed by atoms with Gasteiger partial charge in [0.25, 0.3) is 0 Å². The lowest BCUT2D eigenvalue weighted by Gasteiger charge is -2.09. The summed E-state index contributed by atoms with van der Waals surface area (Å²) in [5, 5.41) is 3.24. The Kier molecular flexibility index (Phi) is 6.56. The van der Waals surface area contributed by atoms with E-state index < -0.39 is 0 Å². The highest BCUT2D eigenvalue weighted by Crippen LogP contribution is 2.31. The average molecular weight is 381 g/mol. The normalized spacial score (nSPS) is 10.7. The summed E-state index contributed by atoms with van der Waals surface area (Å²) < 4.78 is 10.7. The van der Waals surface area contributed by atoms with E-state index in [1.807, 2.05) is 13.0 Å². The lowest BCUT2D eigenvalue weighted by Crippen LogP contribution is -2.08. The van der Waals surface area contributed by atoms with Gasteiger partial charge in [-0.1, -0.05) is 29.3 Å². The second kappa shape index (κ2) is 8.65. The Hall–Kier alpha value is -2.37. The molecule has 25 heavy (non-hydrogen) atoms. The van der Waals surface area contributed by atoms with Crippen LogP contribution in [0.5, 0.6) is 11.5 Å². The molecule has 0 aliphatic heterocycles. The van der Waals surface area contributed by atoms with Crippen molar-refractivity contribution in [2.45, 2.75) is 6.92 Å². The quantitative estimate of drug-likeness (QED) is 0.565. The maximum absolute atomic E-state index is 12.1. The minimum atomic E-state index is -0.328. The molecule has 0 unspecified atom stereocenters. The van der Waals surface area contributed by atoms with Crippen LogP contribution in [0, 0.1) is 0 Å². The summed E-state index contributed by atoms with van der Waals surface area (Å²) in [6.07, 6.45) is 3.06. The van der Waals surface area contributed by atoms with Crippen molar-refractivity contribution in [3.63, 3.8) is 0 Å². The Morgan fingerprint density at radius 3 is 2.48 bits per heavy atom. The number of halogens is 2. The number of carbonyl (C=O) groups is 1. The van der Waals surface area contributed by atoms with E-state index in [-0.39, 0.29) is 21.6 Å². The SMILES string of the molecule is CCOc1cc(/C=C/C(=O)Nc2cc(Cl)c(N)c(Cl)c2)ccc1OC. The summed E-state index contributed by atoms with van der Waals surface area (Å²) in [4.78, 5) is 12.1. The van der Waals surface area contributed by atoms with Crippen LogP contribution in [-0.4, -0.2) is 19.6 Å². The smallest absolute Gasteiger partial charge is 0.248 e. The molecule has 1 amide bonds. The van der Waals surface area contributed by atoms with Crippen LogP contribution >= 0.6 is 23.2 Å². The number of hydrogen-bond acceptors (Lipinski definition) is 4. The van der Waals surface area contributed by atoms with Gasteiger partial charge < -0.3 is 20.5 Å². The van der Waals surface area contributed by atoms with E-state index in [1.54, 1.807) is 25.3 Å². The summed E-state index contributed by atoms with van der Waals surface area (Å²) >= 11 is 11.9. The maximum atomic E-state index is 12.1. The molecule has 0 bridgehead atoms. The summed E-state index contributed by atoms with van der Waals surface area (Å²) in [5.41, 5.74) is 7.20. The second-order valence-electron chi connectivity index (χ2n) is 5.02. The first-order chi connectivity index (χ1) is 11.9. The van der Waals surface area contributed by atoms with Crippen LogP contribution in [0.1, 0.15) is 12.5 Å². The van der Waals surface area contributed by atoms with E-state index in [0.717, 1.165) is 5.56 Å². The number of nitrogens with one attached hydrogen (secondary N) is 1. The van der Waals surface area contributed by atoms with Crippen molar-refractivity contribution < 1.29 is 14.3 Å². The fourth-order valence-electron chi connectivity index (χ4n) is 2.08. The van der Waals surface area contributed by atoms with Gasteiger partial charge in [-0.3, -0.25) is 4.79 Å². The monoisotopic (exact) mass is 380 g/mol. The van der Waals surface area contributed by atoms with E-state index >= 15 is 0 Å². The zero-order valence-electron chi connectivity index (χ0n) is 13.8. The van der Waals surface area contributed by atoms with Gasteiger partial charge >= 0.3 is 0 Å². The first-order valence-corrected chi connectivity index (χ1v) is 8.24. The Balaban J connectivity index is 2.11. The standard InChI is InChI=1S/C18H18Cl2N2O3/c1-3-25-16-8-11(4-6-15(16)24-2)5-7-17(23)22-12-9-13(19)18(21)14(20)10-12/h4-10H,3,21H2,1-2H3,(H,22,23)/b7-5+. The number of benzene rings is 2. The molecule has 0 radical (unpaired) electrons. The van der Waals surface area contributed by atoms with Gasteiger partial charge in [0.1, 0.15) is 0 Å². The average Bonchev–Trinajstić information content (AvgIpc) is 2.58. The van der Waals surface area contributed by atoms with Crippen molar-refractivity contribution in [3.8, 4) is 11.5 Å². The topological polar surface area (TPSA) is 73.6 Å². The van der Waals surface area contributed by atoms with Gasteiger partial charge in [-0.2, -0.15) is 0 Å². The van der Waals surface area contributed by atoms with Crippen LogP contribution < -0.4 is 20.5 Å². The Morgan fingerprint density at radius 1 is 1.20 bits per heavy atom. The molecule has 0 aliphatic rings. The highest BCUT2D eigenvalue weighted by molar-refractivity contribution is 6.39. The Bertz CT molecular complexity index is 784. The van der Waals surface area contributed by atoms with Crippen molar-refractivity contribution in [1.82, 2.24) is 0 Å². The van der Waals surface area contributed by atoms with Crippen molar-refractivity contribution in [2.75, 3.05) is 24.8 Å². The molecule has 7 heteroatoms. The minimum Gasteiger partial charge on any atom is -0.493 e. The third kappa shape index (κ3) is 5.05. The Labute approximate surface area is 156 Å². The predicted octanol–water partition coefficient (Wildman–Crippen LogP) is 4.63. The molecular weight excluding hydrogens is 363 g/mol. The molecule has 0 saturated heterocycles. The third-order valence-electron chi connectivity index (χ3n) is 3.26. The maximum Gasteiger partial charge on any atom is 0.248 e. The van der Waals surface area contributed by atoms with Crippen LogP contribution in [0.3, 0.4) is 0 Å². The molecule has 0 heterocycles. The van der Waals surface area contributed by atoms with Crippen molar-refractivity contribution in [1.29, 1.82) is 0 Å². The number of nitrogens with two attached hydrogens (primary N) is 1. The first kappa shape index (κ1) is 19.0. The molecule has 2 rings (SSSR count). The van der Waals surface area contributed by atoms with Crippen LogP contribution in [0.15, 0.2) is 36.4 Å². The molecule has 0 aliphatic carbocycles. The third-order valence-corrected chi connectivity index (χ3v) is 3.89. The van der Waals surface area contributed by atoms with Crippen molar-refractivity contribution >= 4 is 46.6 Å². The van der Waals surface area contributed by atoms with Crippen molar-refractivity contribution in [2.24, 2.45) is 0 Å². The second-order valence-corrected chi connectivity index (χ2v) is 5.83. The lowest BCUT2D eigenvalue weighted by molar-refractivity contribution is -0.111. The van der Waals surface area contributed by atoms with Gasteiger partial charge in [-0.25, -0.2) is 0 Å². The van der Waals surface area contributed by atoms with Gasteiger partial charge in [-0.15, -0.1) is 0 Å². The van der Waals surface area contributed by atoms with Gasteiger partial charge in [-0.05, 0) is 42.8 Å². The van der Waals surface area contributed by atoms with Crippen molar-refractivity contribution in [3.05, 3.63) is 52.0 Å². The molecular formula is C18H18Cl2N2O3. The highest BCUT2D eigenvalue weighted by atomic mass is 35.5. The Morgan fingerprint density at radius 2 is 1.88 bits per heavy atom. The number of methoxy groups -OCH3 is 1. The minimum absolute atomic E-state index is 0.276. The molecule has 2 aromatic rings. The van der Waals surface area contributed by atoms with E-state index in [0.29, 0.717) is 23.8 Å². The number of nitrogen functional groups attached to an aromatic ring is 1. The molecule has 3 N–H and O–H groups in total. The van der Waals surface area contributed by atoms with E-state index in [9.17, 15) is 4.79 Å². The zero-order valence-corrected chi connectivity index (χ0v) is 15.3. The molecule has 5 nitrogen and oxygen atoms in total. The van der Waals surface area contributed by atoms with Gasteiger partial charge in [0.05, 0.1) is 29.4 Å². The number of carbonyl (C=O) groups excluding carboxylic acids is 1. The molecule has 0 spiro atoms. The summed E-state index contributed by atoms with van der Waals surface area (Å²) in [6.45, 7) is 2.40. The number of rotatable bonds is 6. The predicted molar refractivity (Wildman–Crippen MR) is 103 cm³/mol. The van der Waals surface area contributed by atoms with E-state index in [2.05, 4.69) is 5.32 Å². The highest BCUT2D eigenvalue weighted by Gasteiger charge is 2.07. The first-order valence-electron chi connectivity index (χ1n) is 7.49. The van der Waals surface area contributed by atoms with E-state index in [4.69, 9.17) is 38.4 Å². The number of ether oxygens (including phenoxy) is 2.